The Kier molecular flexibility index (Phi) is 4.99. The van der Waals surface area contributed by atoms with Gasteiger partial charge in [-0.15, -0.1) is 0 Å². The normalized spacial score (nSPS) is 10.1. The lowest BCUT2D eigenvalue weighted by Crippen LogP contribution is -2.15. The molecule has 0 radical (unpaired) electrons. The maximum atomic E-state index is 10.7. The van der Waals surface area contributed by atoms with Gasteiger partial charge in [0.15, 0.2) is 0 Å². The van der Waals surface area contributed by atoms with Crippen LogP contribution in [0.15, 0.2) is 34.3 Å². The summed E-state index contributed by atoms with van der Waals surface area (Å²) in [5.74, 6) is -0.936. The van der Waals surface area contributed by atoms with Crippen molar-refractivity contribution in [1.29, 1.82) is 0 Å². The van der Waals surface area contributed by atoms with Crippen LogP contribution in [-0.2, 0) is 6.54 Å². The van der Waals surface area contributed by atoms with Crippen molar-refractivity contribution in [3.05, 3.63) is 45.4 Å². The molecule has 0 saturated carbocycles. The van der Waals surface area contributed by atoms with E-state index in [0.29, 0.717) is 18.1 Å². The van der Waals surface area contributed by atoms with Crippen molar-refractivity contribution in [2.75, 3.05) is 6.54 Å². The first kappa shape index (κ1) is 13.2. The smallest absolute Gasteiger partial charge is 0.335 e. The van der Waals surface area contributed by atoms with Crippen LogP contribution in [0.5, 0.6) is 0 Å². The number of nitrogens with one attached hydrogen (secondary N) is 1. The lowest BCUT2D eigenvalue weighted by atomic mass is 10.1. The van der Waals surface area contributed by atoms with Crippen LogP contribution in [-0.4, -0.2) is 17.6 Å². The van der Waals surface area contributed by atoms with Crippen molar-refractivity contribution in [3.63, 3.8) is 0 Å². The summed E-state index contributed by atoms with van der Waals surface area (Å²) in [7, 11) is 0. The largest absolute Gasteiger partial charge is 0.478 e. The van der Waals surface area contributed by atoms with Gasteiger partial charge in [-0.3, -0.25) is 0 Å². The van der Waals surface area contributed by atoms with Gasteiger partial charge < -0.3 is 10.4 Å². The second-order valence-electron chi connectivity index (χ2n) is 3.23. The fourth-order valence-electron chi connectivity index (χ4n) is 1.16. The molecule has 0 saturated heterocycles. The Morgan fingerprint density at radius 3 is 2.75 bits per heavy atom. The van der Waals surface area contributed by atoms with Gasteiger partial charge in [-0.25, -0.2) is 4.79 Å². The SMILES string of the molecule is C=C(Cl)CNCc1ccc(C(=O)O)cc1Br. The van der Waals surface area contributed by atoms with Crippen LogP contribution in [0.25, 0.3) is 0 Å². The minimum absolute atomic E-state index is 0.261. The number of rotatable bonds is 5. The molecular formula is C11H11BrClNO2. The lowest BCUT2D eigenvalue weighted by molar-refractivity contribution is 0.0697. The van der Waals surface area contributed by atoms with Gasteiger partial charge in [0, 0.05) is 22.6 Å². The highest BCUT2D eigenvalue weighted by molar-refractivity contribution is 9.10. The fraction of sp³-hybridized carbons (Fsp3) is 0.182. The highest BCUT2D eigenvalue weighted by atomic mass is 79.9. The molecule has 0 spiro atoms. The maximum absolute atomic E-state index is 10.7. The molecule has 5 heteroatoms. The molecule has 0 fully saturated rings. The summed E-state index contributed by atoms with van der Waals surface area (Å²) in [5, 5.41) is 12.4. The summed E-state index contributed by atoms with van der Waals surface area (Å²) in [6.07, 6.45) is 0. The van der Waals surface area contributed by atoms with Crippen LogP contribution in [0.3, 0.4) is 0 Å². The molecule has 1 rings (SSSR count). The molecular weight excluding hydrogens is 293 g/mol. The molecule has 0 aliphatic rings. The third-order valence-corrected chi connectivity index (χ3v) is 2.80. The number of carbonyl (C=O) groups is 1. The van der Waals surface area contributed by atoms with E-state index in [0.717, 1.165) is 10.0 Å². The minimum Gasteiger partial charge on any atom is -0.478 e. The van der Waals surface area contributed by atoms with Crippen LogP contribution in [0.2, 0.25) is 0 Å². The summed E-state index contributed by atoms with van der Waals surface area (Å²) >= 11 is 8.93. The quantitative estimate of drug-likeness (QED) is 0.879. The van der Waals surface area contributed by atoms with Crippen molar-refractivity contribution in [3.8, 4) is 0 Å². The molecule has 3 nitrogen and oxygen atoms in total. The van der Waals surface area contributed by atoms with Crippen molar-refractivity contribution in [1.82, 2.24) is 5.32 Å². The number of hydrogen-bond acceptors (Lipinski definition) is 2. The van der Waals surface area contributed by atoms with Gasteiger partial charge >= 0.3 is 5.97 Å². The van der Waals surface area contributed by atoms with Gasteiger partial charge in [-0.05, 0) is 17.7 Å². The predicted octanol–water partition coefficient (Wildman–Crippen LogP) is 2.99. The lowest BCUT2D eigenvalue weighted by Gasteiger charge is -2.06. The summed E-state index contributed by atoms with van der Waals surface area (Å²) in [6, 6.07) is 4.91. The highest BCUT2D eigenvalue weighted by Gasteiger charge is 2.06. The van der Waals surface area contributed by atoms with Crippen LogP contribution < -0.4 is 5.32 Å². The Morgan fingerprint density at radius 2 is 2.25 bits per heavy atom. The van der Waals surface area contributed by atoms with Crippen molar-refractivity contribution in [2.45, 2.75) is 6.54 Å². The molecule has 0 amide bonds. The fourth-order valence-corrected chi connectivity index (χ4v) is 1.77. The van der Waals surface area contributed by atoms with Gasteiger partial charge in [-0.2, -0.15) is 0 Å². The molecule has 2 N–H and O–H groups in total. The Hall–Kier alpha value is -0.840. The van der Waals surface area contributed by atoms with E-state index in [1.165, 1.54) is 0 Å². The van der Waals surface area contributed by atoms with E-state index >= 15 is 0 Å². The highest BCUT2D eigenvalue weighted by Crippen LogP contribution is 2.18. The second kappa shape index (κ2) is 6.03. The van der Waals surface area contributed by atoms with Crippen molar-refractivity contribution >= 4 is 33.5 Å². The number of halogens is 2. The van der Waals surface area contributed by atoms with Crippen molar-refractivity contribution < 1.29 is 9.90 Å². The van der Waals surface area contributed by atoms with Gasteiger partial charge in [-0.1, -0.05) is 40.2 Å². The molecule has 16 heavy (non-hydrogen) atoms. The van der Waals surface area contributed by atoms with Crippen molar-refractivity contribution in [2.24, 2.45) is 0 Å². The zero-order valence-corrected chi connectivity index (χ0v) is 10.8. The van der Waals surface area contributed by atoms with E-state index < -0.39 is 5.97 Å². The number of carboxylic acids is 1. The number of aromatic carboxylic acids is 1. The Balaban J connectivity index is 2.68. The first-order valence-electron chi connectivity index (χ1n) is 4.56. The topological polar surface area (TPSA) is 49.3 Å². The number of benzene rings is 1. The summed E-state index contributed by atoms with van der Waals surface area (Å²) < 4.78 is 0.764. The monoisotopic (exact) mass is 303 g/mol. The predicted molar refractivity (Wildman–Crippen MR) is 67.8 cm³/mol. The standard InChI is InChI=1S/C11H11BrClNO2/c1-7(13)5-14-6-9-3-2-8(11(15)16)4-10(9)12/h2-4,14H,1,5-6H2,(H,15,16). The van der Waals surface area contributed by atoms with E-state index in [9.17, 15) is 4.79 Å². The molecule has 0 aromatic heterocycles. The molecule has 0 atom stereocenters. The van der Waals surface area contributed by atoms with Gasteiger partial charge in [0.1, 0.15) is 0 Å². The molecule has 0 aliphatic heterocycles. The Bertz CT molecular complexity index is 420. The molecule has 1 aromatic rings. The van der Waals surface area contributed by atoms with Crippen LogP contribution >= 0.6 is 27.5 Å². The van der Waals surface area contributed by atoms with E-state index in [1.807, 2.05) is 0 Å². The Morgan fingerprint density at radius 1 is 1.56 bits per heavy atom. The summed E-state index contributed by atoms with van der Waals surface area (Å²) in [5.41, 5.74) is 1.24. The summed E-state index contributed by atoms with van der Waals surface area (Å²) in [4.78, 5) is 10.7. The van der Waals surface area contributed by atoms with E-state index in [1.54, 1.807) is 18.2 Å². The van der Waals surface area contributed by atoms with E-state index in [4.69, 9.17) is 16.7 Å². The van der Waals surface area contributed by atoms with Gasteiger partial charge in [0.2, 0.25) is 0 Å². The average Bonchev–Trinajstić information content (AvgIpc) is 2.19. The maximum Gasteiger partial charge on any atom is 0.335 e. The first-order chi connectivity index (χ1) is 7.50. The van der Waals surface area contributed by atoms with E-state index in [-0.39, 0.29) is 5.56 Å². The molecule has 0 aliphatic carbocycles. The summed E-state index contributed by atoms with van der Waals surface area (Å²) in [6.45, 7) is 4.69. The van der Waals surface area contributed by atoms with Crippen LogP contribution in [0, 0.1) is 0 Å². The van der Waals surface area contributed by atoms with Crippen LogP contribution in [0.4, 0.5) is 0 Å². The average molecular weight is 305 g/mol. The first-order valence-corrected chi connectivity index (χ1v) is 5.73. The molecule has 86 valence electrons. The van der Waals surface area contributed by atoms with Gasteiger partial charge in [0.25, 0.3) is 0 Å². The third kappa shape index (κ3) is 3.96. The molecule has 0 unspecified atom stereocenters. The van der Waals surface area contributed by atoms with E-state index in [2.05, 4.69) is 27.8 Å². The second-order valence-corrected chi connectivity index (χ2v) is 4.62. The molecule has 0 heterocycles. The number of hydrogen-bond donors (Lipinski definition) is 2. The number of carboxylic acid groups (broad SMARTS) is 1. The van der Waals surface area contributed by atoms with Crippen LogP contribution in [0.1, 0.15) is 15.9 Å². The zero-order valence-electron chi connectivity index (χ0n) is 8.46. The Labute approximate surface area is 107 Å². The zero-order chi connectivity index (χ0) is 12.1. The molecule has 0 bridgehead atoms. The molecule has 1 aromatic carbocycles. The minimum atomic E-state index is -0.936. The third-order valence-electron chi connectivity index (χ3n) is 1.93. The van der Waals surface area contributed by atoms with Gasteiger partial charge in [0.05, 0.1) is 5.56 Å².